The van der Waals surface area contributed by atoms with E-state index in [-0.39, 0.29) is 0 Å². The van der Waals surface area contributed by atoms with E-state index in [9.17, 15) is 0 Å². The first kappa shape index (κ1) is 14.1. The van der Waals surface area contributed by atoms with Crippen LogP contribution in [-0.2, 0) is 6.54 Å². The van der Waals surface area contributed by atoms with Gasteiger partial charge in [-0.15, -0.1) is 0 Å². The standard InChI is InChI=1S/C17H25NO/c1-10(2)17-14-7-12(5)13(6)8-15(14)19-16(17)9-18-11(3)4/h7-8,10-11,18H,9H2,1-6H3. The highest BCUT2D eigenvalue weighted by atomic mass is 16.3. The summed E-state index contributed by atoms with van der Waals surface area (Å²) in [4.78, 5) is 0. The van der Waals surface area contributed by atoms with Crippen molar-refractivity contribution in [2.75, 3.05) is 0 Å². The van der Waals surface area contributed by atoms with E-state index in [2.05, 4.69) is 59.0 Å². The topological polar surface area (TPSA) is 25.2 Å². The smallest absolute Gasteiger partial charge is 0.134 e. The van der Waals surface area contributed by atoms with Crippen molar-refractivity contribution in [2.24, 2.45) is 0 Å². The van der Waals surface area contributed by atoms with E-state index in [4.69, 9.17) is 4.42 Å². The number of rotatable bonds is 4. The predicted octanol–water partition coefficient (Wildman–Crippen LogP) is 4.67. The lowest BCUT2D eigenvalue weighted by atomic mass is 9.97. The average molecular weight is 259 g/mol. The van der Waals surface area contributed by atoms with Crippen molar-refractivity contribution in [3.63, 3.8) is 0 Å². The number of nitrogens with one attached hydrogen (secondary N) is 1. The van der Waals surface area contributed by atoms with E-state index in [1.165, 1.54) is 22.1 Å². The molecule has 0 fully saturated rings. The van der Waals surface area contributed by atoms with E-state index >= 15 is 0 Å². The van der Waals surface area contributed by atoms with Crippen molar-refractivity contribution in [3.05, 3.63) is 34.6 Å². The van der Waals surface area contributed by atoms with E-state index in [1.807, 2.05) is 0 Å². The molecule has 0 aliphatic rings. The Morgan fingerprint density at radius 2 is 1.68 bits per heavy atom. The van der Waals surface area contributed by atoms with E-state index in [0.29, 0.717) is 12.0 Å². The highest BCUT2D eigenvalue weighted by Crippen LogP contribution is 2.33. The molecule has 104 valence electrons. The Morgan fingerprint density at radius 3 is 2.26 bits per heavy atom. The number of fused-ring (bicyclic) bond motifs is 1. The minimum Gasteiger partial charge on any atom is -0.459 e. The monoisotopic (exact) mass is 259 g/mol. The maximum atomic E-state index is 6.08. The fourth-order valence-corrected chi connectivity index (χ4v) is 2.48. The van der Waals surface area contributed by atoms with Crippen molar-refractivity contribution in [1.82, 2.24) is 5.32 Å². The Bertz CT molecular complexity index is 578. The highest BCUT2D eigenvalue weighted by molar-refractivity contribution is 5.84. The molecule has 0 spiro atoms. The SMILES string of the molecule is Cc1cc2oc(CNC(C)C)c(C(C)C)c2cc1C. The van der Waals surface area contributed by atoms with E-state index < -0.39 is 0 Å². The van der Waals surface area contributed by atoms with Crippen LogP contribution in [0.1, 0.15) is 56.1 Å². The fraction of sp³-hybridized carbons (Fsp3) is 0.529. The van der Waals surface area contributed by atoms with Gasteiger partial charge in [-0.05, 0) is 43.0 Å². The molecule has 1 heterocycles. The van der Waals surface area contributed by atoms with Gasteiger partial charge in [0.05, 0.1) is 6.54 Å². The summed E-state index contributed by atoms with van der Waals surface area (Å²) in [6.07, 6.45) is 0. The summed E-state index contributed by atoms with van der Waals surface area (Å²) >= 11 is 0. The van der Waals surface area contributed by atoms with Crippen molar-refractivity contribution >= 4 is 11.0 Å². The zero-order chi connectivity index (χ0) is 14.2. The van der Waals surface area contributed by atoms with Crippen molar-refractivity contribution in [2.45, 2.75) is 60.0 Å². The van der Waals surface area contributed by atoms with Crippen molar-refractivity contribution in [3.8, 4) is 0 Å². The molecule has 2 aromatic rings. The van der Waals surface area contributed by atoms with Crippen LogP contribution in [0.25, 0.3) is 11.0 Å². The molecule has 0 unspecified atom stereocenters. The van der Waals surface area contributed by atoms with Crippen molar-refractivity contribution in [1.29, 1.82) is 0 Å². The van der Waals surface area contributed by atoms with Gasteiger partial charge in [0, 0.05) is 17.0 Å². The Kier molecular flexibility index (Phi) is 4.00. The molecule has 1 N–H and O–H groups in total. The largest absolute Gasteiger partial charge is 0.459 e. The van der Waals surface area contributed by atoms with Crippen LogP contribution < -0.4 is 5.32 Å². The molecule has 0 atom stereocenters. The van der Waals surface area contributed by atoms with Crippen LogP contribution >= 0.6 is 0 Å². The molecule has 1 aromatic carbocycles. The summed E-state index contributed by atoms with van der Waals surface area (Å²) in [5.74, 6) is 1.57. The Morgan fingerprint density at radius 1 is 1.05 bits per heavy atom. The highest BCUT2D eigenvalue weighted by Gasteiger charge is 2.17. The maximum Gasteiger partial charge on any atom is 0.134 e. The molecule has 0 amide bonds. The third-order valence-corrected chi connectivity index (χ3v) is 3.67. The summed E-state index contributed by atoms with van der Waals surface area (Å²) in [6, 6.07) is 4.90. The lowest BCUT2D eigenvalue weighted by Gasteiger charge is -2.10. The first-order chi connectivity index (χ1) is 8.90. The molecule has 0 saturated carbocycles. The van der Waals surface area contributed by atoms with Gasteiger partial charge in [0.15, 0.2) is 0 Å². The van der Waals surface area contributed by atoms with Crippen LogP contribution in [0.3, 0.4) is 0 Å². The lowest BCUT2D eigenvalue weighted by Crippen LogP contribution is -2.22. The van der Waals surface area contributed by atoms with Gasteiger partial charge in [0.1, 0.15) is 11.3 Å². The molecule has 2 rings (SSSR count). The zero-order valence-corrected chi connectivity index (χ0v) is 12.9. The molecule has 2 heteroatoms. The summed E-state index contributed by atoms with van der Waals surface area (Å²) in [7, 11) is 0. The number of aryl methyl sites for hydroxylation is 2. The molecule has 0 aliphatic carbocycles. The fourth-order valence-electron chi connectivity index (χ4n) is 2.48. The van der Waals surface area contributed by atoms with Gasteiger partial charge in [0.2, 0.25) is 0 Å². The Balaban J connectivity index is 2.53. The van der Waals surface area contributed by atoms with Gasteiger partial charge >= 0.3 is 0 Å². The van der Waals surface area contributed by atoms with Gasteiger partial charge in [0.25, 0.3) is 0 Å². The average Bonchev–Trinajstić information content (AvgIpc) is 2.64. The number of benzene rings is 1. The van der Waals surface area contributed by atoms with Gasteiger partial charge < -0.3 is 9.73 Å². The molecule has 0 bridgehead atoms. The van der Waals surface area contributed by atoms with Crippen LogP contribution in [0.5, 0.6) is 0 Å². The molecule has 1 aromatic heterocycles. The maximum absolute atomic E-state index is 6.08. The van der Waals surface area contributed by atoms with Crippen LogP contribution in [-0.4, -0.2) is 6.04 Å². The first-order valence-electron chi connectivity index (χ1n) is 7.16. The van der Waals surface area contributed by atoms with Gasteiger partial charge in [-0.2, -0.15) is 0 Å². The molecular formula is C17H25NO. The van der Waals surface area contributed by atoms with Crippen LogP contribution in [0.15, 0.2) is 16.5 Å². The summed E-state index contributed by atoms with van der Waals surface area (Å²) in [5, 5.41) is 4.73. The molecule has 19 heavy (non-hydrogen) atoms. The summed E-state index contributed by atoms with van der Waals surface area (Å²) in [6.45, 7) is 13.9. The van der Waals surface area contributed by atoms with E-state index in [1.54, 1.807) is 0 Å². The zero-order valence-electron chi connectivity index (χ0n) is 12.9. The van der Waals surface area contributed by atoms with Crippen LogP contribution in [0.2, 0.25) is 0 Å². The Hall–Kier alpha value is -1.28. The second-order valence-corrected chi connectivity index (χ2v) is 6.06. The number of hydrogen-bond acceptors (Lipinski definition) is 2. The quantitative estimate of drug-likeness (QED) is 0.863. The van der Waals surface area contributed by atoms with Gasteiger partial charge in [-0.1, -0.05) is 27.7 Å². The second-order valence-electron chi connectivity index (χ2n) is 6.06. The number of furan rings is 1. The molecule has 0 aliphatic heterocycles. The molecule has 2 nitrogen and oxygen atoms in total. The van der Waals surface area contributed by atoms with Crippen LogP contribution in [0.4, 0.5) is 0 Å². The normalized spacial score (nSPS) is 12.0. The van der Waals surface area contributed by atoms with Crippen LogP contribution in [0, 0.1) is 13.8 Å². The summed E-state index contributed by atoms with van der Waals surface area (Å²) < 4.78 is 6.08. The van der Waals surface area contributed by atoms with Crippen molar-refractivity contribution < 1.29 is 4.42 Å². The minimum absolute atomic E-state index is 0.469. The molecular weight excluding hydrogens is 234 g/mol. The van der Waals surface area contributed by atoms with Gasteiger partial charge in [-0.3, -0.25) is 0 Å². The second kappa shape index (κ2) is 5.38. The lowest BCUT2D eigenvalue weighted by molar-refractivity contribution is 0.480. The number of hydrogen-bond donors (Lipinski definition) is 1. The molecule has 0 saturated heterocycles. The Labute approximate surface area is 116 Å². The summed E-state index contributed by atoms with van der Waals surface area (Å²) in [5.41, 5.74) is 5.00. The molecule has 0 radical (unpaired) electrons. The van der Waals surface area contributed by atoms with E-state index in [0.717, 1.165) is 17.9 Å². The third kappa shape index (κ3) is 2.84. The predicted molar refractivity (Wildman–Crippen MR) is 81.8 cm³/mol. The first-order valence-corrected chi connectivity index (χ1v) is 7.16. The van der Waals surface area contributed by atoms with Gasteiger partial charge in [-0.25, -0.2) is 0 Å². The minimum atomic E-state index is 0.469. The third-order valence-electron chi connectivity index (χ3n) is 3.67.